The summed E-state index contributed by atoms with van der Waals surface area (Å²) in [6.07, 6.45) is 2.20. The number of benzene rings is 3. The van der Waals surface area contributed by atoms with Crippen molar-refractivity contribution in [3.8, 4) is 11.1 Å². The van der Waals surface area contributed by atoms with Crippen LogP contribution in [0.3, 0.4) is 0 Å². The third-order valence-corrected chi connectivity index (χ3v) is 4.19. The summed E-state index contributed by atoms with van der Waals surface area (Å²) in [6, 6.07) is 22.1. The van der Waals surface area contributed by atoms with Gasteiger partial charge in [0.2, 0.25) is 0 Å². The van der Waals surface area contributed by atoms with E-state index in [0.29, 0.717) is 11.1 Å². The molecule has 0 saturated heterocycles. The molecule has 136 valence electrons. The average Bonchev–Trinajstić information content (AvgIpc) is 2.73. The molecule has 0 saturated carbocycles. The SMILES string of the molecule is COC(=O)c1ccc(/C=C/C(F)(F)c2ccc(-c3ccccc3)cc2)cc1. The molecule has 0 aliphatic heterocycles. The lowest BCUT2D eigenvalue weighted by Gasteiger charge is -2.13. The van der Waals surface area contributed by atoms with Gasteiger partial charge in [0, 0.05) is 5.56 Å². The molecule has 0 N–H and O–H groups in total. The standard InChI is InChI=1S/C23H18F2O2/c1-27-22(26)20-9-7-17(8-10-20)15-16-23(24,25)21-13-11-19(12-14-21)18-5-3-2-4-6-18/h2-16H,1H3/b16-15+. The lowest BCUT2D eigenvalue weighted by atomic mass is 10.0. The smallest absolute Gasteiger partial charge is 0.337 e. The van der Waals surface area contributed by atoms with E-state index in [9.17, 15) is 13.6 Å². The van der Waals surface area contributed by atoms with Gasteiger partial charge in [0.1, 0.15) is 0 Å². The maximum atomic E-state index is 14.5. The zero-order valence-corrected chi connectivity index (χ0v) is 14.7. The van der Waals surface area contributed by atoms with Gasteiger partial charge in [0.05, 0.1) is 12.7 Å². The maximum absolute atomic E-state index is 14.5. The molecule has 4 heteroatoms. The molecule has 2 nitrogen and oxygen atoms in total. The Hall–Kier alpha value is -3.27. The fourth-order valence-electron chi connectivity index (χ4n) is 2.66. The van der Waals surface area contributed by atoms with Crippen molar-refractivity contribution in [3.63, 3.8) is 0 Å². The largest absolute Gasteiger partial charge is 0.465 e. The molecule has 0 aliphatic rings. The Labute approximate surface area is 156 Å². The van der Waals surface area contributed by atoms with Crippen LogP contribution in [0.25, 0.3) is 17.2 Å². The third kappa shape index (κ3) is 4.47. The minimum absolute atomic E-state index is 0.0791. The van der Waals surface area contributed by atoms with E-state index in [2.05, 4.69) is 4.74 Å². The van der Waals surface area contributed by atoms with Crippen LogP contribution in [0.2, 0.25) is 0 Å². The molecule has 0 atom stereocenters. The van der Waals surface area contributed by atoms with Gasteiger partial charge in [0.15, 0.2) is 0 Å². The lowest BCUT2D eigenvalue weighted by Crippen LogP contribution is -2.09. The molecule has 0 amide bonds. The summed E-state index contributed by atoms with van der Waals surface area (Å²) in [5.41, 5.74) is 2.73. The van der Waals surface area contributed by atoms with Crippen molar-refractivity contribution in [3.05, 3.63) is 102 Å². The molecular weight excluding hydrogens is 346 g/mol. The molecule has 0 aliphatic carbocycles. The number of rotatable bonds is 5. The number of methoxy groups -OCH3 is 1. The Morgan fingerprint density at radius 1 is 0.852 bits per heavy atom. The number of hydrogen-bond donors (Lipinski definition) is 0. The highest BCUT2D eigenvalue weighted by atomic mass is 19.3. The Kier molecular flexibility index (Phi) is 5.46. The average molecular weight is 364 g/mol. The number of ether oxygens (including phenoxy) is 1. The highest BCUT2D eigenvalue weighted by Crippen LogP contribution is 2.32. The van der Waals surface area contributed by atoms with Crippen molar-refractivity contribution >= 4 is 12.0 Å². The first kappa shape index (κ1) is 18.5. The van der Waals surface area contributed by atoms with Crippen LogP contribution in [0.4, 0.5) is 8.78 Å². The summed E-state index contributed by atoms with van der Waals surface area (Å²) in [7, 11) is 1.29. The van der Waals surface area contributed by atoms with Crippen LogP contribution < -0.4 is 0 Å². The van der Waals surface area contributed by atoms with Crippen LogP contribution in [-0.4, -0.2) is 13.1 Å². The van der Waals surface area contributed by atoms with Crippen molar-refractivity contribution in [2.45, 2.75) is 5.92 Å². The maximum Gasteiger partial charge on any atom is 0.337 e. The van der Waals surface area contributed by atoms with Crippen LogP contribution in [-0.2, 0) is 10.7 Å². The predicted octanol–water partition coefficient (Wildman–Crippen LogP) is 5.95. The summed E-state index contributed by atoms with van der Waals surface area (Å²) >= 11 is 0. The van der Waals surface area contributed by atoms with Gasteiger partial charge in [-0.2, -0.15) is 8.78 Å². The van der Waals surface area contributed by atoms with E-state index in [1.54, 1.807) is 24.3 Å². The second kappa shape index (κ2) is 7.96. The number of esters is 1. The molecule has 0 radical (unpaired) electrons. The molecule has 0 fully saturated rings. The highest BCUT2D eigenvalue weighted by molar-refractivity contribution is 5.89. The lowest BCUT2D eigenvalue weighted by molar-refractivity contribution is 0.0530. The Morgan fingerprint density at radius 3 is 2.04 bits per heavy atom. The van der Waals surface area contributed by atoms with Gasteiger partial charge < -0.3 is 4.74 Å². The molecule has 0 bridgehead atoms. The molecule has 3 aromatic carbocycles. The van der Waals surface area contributed by atoms with Crippen molar-refractivity contribution < 1.29 is 18.3 Å². The van der Waals surface area contributed by atoms with Gasteiger partial charge in [-0.1, -0.05) is 72.8 Å². The first-order valence-electron chi connectivity index (χ1n) is 8.41. The number of carbonyl (C=O) groups excluding carboxylic acids is 1. The summed E-state index contributed by atoms with van der Waals surface area (Å²) in [5.74, 6) is -3.56. The van der Waals surface area contributed by atoms with Crippen LogP contribution >= 0.6 is 0 Å². The minimum atomic E-state index is -3.10. The molecule has 0 heterocycles. The number of halogens is 2. The van der Waals surface area contributed by atoms with E-state index >= 15 is 0 Å². The Balaban J connectivity index is 1.76. The fourth-order valence-corrected chi connectivity index (χ4v) is 2.66. The van der Waals surface area contributed by atoms with Crippen molar-refractivity contribution in [1.82, 2.24) is 0 Å². The van der Waals surface area contributed by atoms with E-state index in [1.165, 1.54) is 37.5 Å². The molecule has 3 rings (SSSR count). The van der Waals surface area contributed by atoms with E-state index in [4.69, 9.17) is 0 Å². The molecule has 0 aromatic heterocycles. The first-order chi connectivity index (χ1) is 13.0. The molecule has 27 heavy (non-hydrogen) atoms. The van der Waals surface area contributed by atoms with Crippen LogP contribution in [0, 0.1) is 0 Å². The zero-order valence-electron chi connectivity index (χ0n) is 14.7. The summed E-state index contributed by atoms with van der Waals surface area (Å²) in [6.45, 7) is 0. The molecular formula is C23H18F2O2. The van der Waals surface area contributed by atoms with Gasteiger partial charge in [-0.25, -0.2) is 4.79 Å². The molecule has 3 aromatic rings. The first-order valence-corrected chi connectivity index (χ1v) is 8.41. The second-order valence-electron chi connectivity index (χ2n) is 6.01. The normalized spacial score (nSPS) is 11.5. The molecule has 0 spiro atoms. The van der Waals surface area contributed by atoms with Crippen molar-refractivity contribution in [2.24, 2.45) is 0 Å². The van der Waals surface area contributed by atoms with Gasteiger partial charge in [0.25, 0.3) is 5.92 Å². The quantitative estimate of drug-likeness (QED) is 0.523. The number of allylic oxidation sites excluding steroid dienone is 1. The highest BCUT2D eigenvalue weighted by Gasteiger charge is 2.27. The van der Waals surface area contributed by atoms with E-state index < -0.39 is 11.9 Å². The predicted molar refractivity (Wildman–Crippen MR) is 103 cm³/mol. The minimum Gasteiger partial charge on any atom is -0.465 e. The monoisotopic (exact) mass is 364 g/mol. The third-order valence-electron chi connectivity index (χ3n) is 4.19. The summed E-state index contributed by atoms with van der Waals surface area (Å²) < 4.78 is 33.6. The summed E-state index contributed by atoms with van der Waals surface area (Å²) in [5, 5.41) is 0. The van der Waals surface area contributed by atoms with Gasteiger partial charge in [-0.15, -0.1) is 0 Å². The van der Waals surface area contributed by atoms with Crippen LogP contribution in [0.5, 0.6) is 0 Å². The number of carbonyl (C=O) groups is 1. The summed E-state index contributed by atoms with van der Waals surface area (Å²) in [4.78, 5) is 11.4. The van der Waals surface area contributed by atoms with Crippen LogP contribution in [0.1, 0.15) is 21.5 Å². The van der Waals surface area contributed by atoms with E-state index in [-0.39, 0.29) is 5.56 Å². The number of hydrogen-bond acceptors (Lipinski definition) is 2. The van der Waals surface area contributed by atoms with Gasteiger partial charge in [-0.3, -0.25) is 0 Å². The van der Waals surface area contributed by atoms with Crippen LogP contribution in [0.15, 0.2) is 84.9 Å². The van der Waals surface area contributed by atoms with E-state index in [1.807, 2.05) is 30.3 Å². The van der Waals surface area contributed by atoms with Gasteiger partial charge >= 0.3 is 5.97 Å². The molecule has 0 unspecified atom stereocenters. The van der Waals surface area contributed by atoms with E-state index in [0.717, 1.165) is 17.2 Å². The number of alkyl halides is 2. The topological polar surface area (TPSA) is 26.3 Å². The Morgan fingerprint density at radius 2 is 1.44 bits per heavy atom. The van der Waals surface area contributed by atoms with Crippen molar-refractivity contribution in [2.75, 3.05) is 7.11 Å². The van der Waals surface area contributed by atoms with Crippen molar-refractivity contribution in [1.29, 1.82) is 0 Å². The zero-order chi connectivity index (χ0) is 19.3. The van der Waals surface area contributed by atoms with Gasteiger partial charge in [-0.05, 0) is 34.9 Å². The second-order valence-corrected chi connectivity index (χ2v) is 6.01. The Bertz CT molecular complexity index is 928. The fraction of sp³-hybridized carbons (Fsp3) is 0.0870.